The fraction of sp³-hybridized carbons (Fsp3) is 0.143. The molecule has 3 nitrogen and oxygen atoms in total. The Bertz CT molecular complexity index is 365. The number of carbonyl (C=O) groups excluding carboxylic acids is 1. The van der Waals surface area contributed by atoms with Gasteiger partial charge >= 0.3 is 0 Å². The summed E-state index contributed by atoms with van der Waals surface area (Å²) in [5.41, 5.74) is 0.925. The topological polar surface area (TPSA) is 42.0 Å². The quantitative estimate of drug-likeness (QED) is 0.795. The Kier molecular flexibility index (Phi) is 1.92. The van der Waals surface area contributed by atoms with E-state index in [0.717, 1.165) is 14.5 Å². The van der Waals surface area contributed by atoms with Crippen LogP contribution in [0, 0.1) is 0 Å². The molecule has 1 aromatic heterocycles. The molecule has 0 saturated carbocycles. The minimum Gasteiger partial charge on any atom is -0.310 e. The van der Waals surface area contributed by atoms with Crippen molar-refractivity contribution in [2.75, 3.05) is 5.32 Å². The van der Waals surface area contributed by atoms with Crippen LogP contribution in [0.4, 0.5) is 5.82 Å². The van der Waals surface area contributed by atoms with Gasteiger partial charge in [0.05, 0.1) is 10.9 Å². The van der Waals surface area contributed by atoms with Crippen LogP contribution < -0.4 is 5.32 Å². The molecule has 2 rings (SSSR count). The van der Waals surface area contributed by atoms with E-state index in [1.165, 1.54) is 0 Å². The van der Waals surface area contributed by atoms with Crippen molar-refractivity contribution in [2.24, 2.45) is 0 Å². The first kappa shape index (κ1) is 8.19. The fourth-order valence-electron chi connectivity index (χ4n) is 1.11. The molecule has 1 aromatic rings. The molecule has 1 N–H and O–H groups in total. The zero-order valence-corrected chi connectivity index (χ0v) is 9.07. The molecule has 0 bridgehead atoms. The van der Waals surface area contributed by atoms with Gasteiger partial charge in [-0.1, -0.05) is 0 Å². The Labute approximate surface area is 85.8 Å². The maximum atomic E-state index is 11.0. The Hall–Kier alpha value is -0.420. The molecule has 0 aliphatic carbocycles. The van der Waals surface area contributed by atoms with Crippen LogP contribution in [0.1, 0.15) is 5.56 Å². The minimum absolute atomic E-state index is 0.00343. The van der Waals surface area contributed by atoms with Crippen LogP contribution in [-0.2, 0) is 11.2 Å². The van der Waals surface area contributed by atoms with Crippen LogP contribution in [-0.4, -0.2) is 10.9 Å². The number of anilines is 1. The van der Waals surface area contributed by atoms with E-state index in [0.29, 0.717) is 12.2 Å². The van der Waals surface area contributed by atoms with Crippen molar-refractivity contribution >= 4 is 43.6 Å². The van der Waals surface area contributed by atoms with Crippen molar-refractivity contribution in [1.82, 2.24) is 4.98 Å². The predicted octanol–water partition coefficient (Wildman–Crippen LogP) is 2.10. The van der Waals surface area contributed by atoms with Crippen molar-refractivity contribution in [3.05, 3.63) is 20.7 Å². The van der Waals surface area contributed by atoms with E-state index < -0.39 is 0 Å². The largest absolute Gasteiger partial charge is 0.310 e. The normalized spacial score (nSPS) is 14.3. The first-order valence-corrected chi connectivity index (χ1v) is 4.90. The number of carbonyl (C=O) groups is 1. The van der Waals surface area contributed by atoms with Crippen molar-refractivity contribution in [3.8, 4) is 0 Å². The maximum Gasteiger partial charge on any atom is 0.230 e. The van der Waals surface area contributed by atoms with Gasteiger partial charge in [0.25, 0.3) is 0 Å². The van der Waals surface area contributed by atoms with E-state index in [9.17, 15) is 4.79 Å². The van der Waals surface area contributed by atoms with Crippen LogP contribution in [0.25, 0.3) is 0 Å². The number of nitrogens with one attached hydrogen (secondary N) is 1. The molecule has 1 amide bonds. The van der Waals surface area contributed by atoms with Gasteiger partial charge in [0.1, 0.15) is 5.82 Å². The number of amides is 1. The van der Waals surface area contributed by atoms with Gasteiger partial charge in [-0.05, 0) is 31.9 Å². The van der Waals surface area contributed by atoms with Crippen LogP contribution in [0.5, 0.6) is 0 Å². The summed E-state index contributed by atoms with van der Waals surface area (Å²) in [5.74, 6) is 0.659. The third kappa shape index (κ3) is 1.17. The highest BCUT2D eigenvalue weighted by Crippen LogP contribution is 2.33. The Morgan fingerprint density at radius 3 is 3.00 bits per heavy atom. The summed E-state index contributed by atoms with van der Waals surface area (Å²) in [6.45, 7) is 0. The number of aromatic nitrogens is 1. The Morgan fingerprint density at radius 1 is 1.50 bits per heavy atom. The third-order valence-corrected chi connectivity index (χ3v) is 3.70. The molecule has 0 spiro atoms. The monoisotopic (exact) mass is 290 g/mol. The SMILES string of the molecule is O=C1Cc2c(ncc(Br)c2Br)N1. The van der Waals surface area contributed by atoms with Crippen molar-refractivity contribution < 1.29 is 4.79 Å². The molecule has 0 saturated heterocycles. The first-order chi connectivity index (χ1) is 5.68. The highest BCUT2D eigenvalue weighted by Gasteiger charge is 2.22. The van der Waals surface area contributed by atoms with Gasteiger partial charge in [0.15, 0.2) is 0 Å². The molecule has 0 aromatic carbocycles. The van der Waals surface area contributed by atoms with Crippen LogP contribution in [0.15, 0.2) is 15.1 Å². The summed E-state index contributed by atoms with van der Waals surface area (Å²) in [6, 6.07) is 0. The first-order valence-electron chi connectivity index (χ1n) is 3.31. The standard InChI is InChI=1S/C7H4Br2N2O/c8-4-2-10-7-3(6(4)9)1-5(12)11-7/h2H,1H2,(H,10,11,12). The van der Waals surface area contributed by atoms with E-state index in [-0.39, 0.29) is 5.91 Å². The molecule has 1 aliphatic heterocycles. The molecular formula is C7H4Br2N2O. The lowest BCUT2D eigenvalue weighted by atomic mass is 10.2. The third-order valence-electron chi connectivity index (χ3n) is 1.66. The lowest BCUT2D eigenvalue weighted by molar-refractivity contribution is -0.115. The van der Waals surface area contributed by atoms with Gasteiger partial charge in [0.2, 0.25) is 5.91 Å². The molecule has 1 aliphatic rings. The molecule has 0 unspecified atom stereocenters. The number of halogens is 2. The molecule has 0 radical (unpaired) electrons. The number of hydrogen-bond donors (Lipinski definition) is 1. The van der Waals surface area contributed by atoms with Gasteiger partial charge in [-0.3, -0.25) is 4.79 Å². The summed E-state index contributed by atoms with van der Waals surface area (Å²) in [7, 11) is 0. The number of pyridine rings is 1. The van der Waals surface area contributed by atoms with E-state index in [4.69, 9.17) is 0 Å². The predicted molar refractivity (Wildman–Crippen MR) is 52.0 cm³/mol. The highest BCUT2D eigenvalue weighted by atomic mass is 79.9. The van der Waals surface area contributed by atoms with Crippen LogP contribution in [0.3, 0.4) is 0 Å². The Morgan fingerprint density at radius 2 is 2.25 bits per heavy atom. The van der Waals surface area contributed by atoms with E-state index >= 15 is 0 Å². The molecule has 2 heterocycles. The van der Waals surface area contributed by atoms with Crippen molar-refractivity contribution in [2.45, 2.75) is 6.42 Å². The van der Waals surface area contributed by atoms with Gasteiger partial charge in [0, 0.05) is 16.2 Å². The lowest BCUT2D eigenvalue weighted by Gasteiger charge is -2.00. The Balaban J connectivity index is 2.61. The average Bonchev–Trinajstić information content (AvgIpc) is 2.39. The summed E-state index contributed by atoms with van der Waals surface area (Å²) in [5, 5.41) is 2.66. The van der Waals surface area contributed by atoms with Crippen molar-refractivity contribution in [1.29, 1.82) is 0 Å². The maximum absolute atomic E-state index is 11.0. The number of nitrogens with zero attached hydrogens (tertiary/aromatic N) is 1. The van der Waals surface area contributed by atoms with Crippen LogP contribution >= 0.6 is 31.9 Å². The summed E-state index contributed by atoms with van der Waals surface area (Å²) in [4.78, 5) is 15.0. The summed E-state index contributed by atoms with van der Waals surface area (Å²) < 4.78 is 1.78. The second-order valence-electron chi connectivity index (χ2n) is 2.47. The van der Waals surface area contributed by atoms with Crippen molar-refractivity contribution in [3.63, 3.8) is 0 Å². The van der Waals surface area contributed by atoms with Gasteiger partial charge in [-0.2, -0.15) is 0 Å². The van der Waals surface area contributed by atoms with E-state index in [1.54, 1.807) is 6.20 Å². The lowest BCUT2D eigenvalue weighted by Crippen LogP contribution is -2.04. The van der Waals surface area contributed by atoms with Gasteiger partial charge in [-0.15, -0.1) is 0 Å². The molecule has 0 fully saturated rings. The molecule has 12 heavy (non-hydrogen) atoms. The van der Waals surface area contributed by atoms with E-state index in [1.807, 2.05) is 0 Å². The van der Waals surface area contributed by atoms with E-state index in [2.05, 4.69) is 42.2 Å². The number of fused-ring (bicyclic) bond motifs is 1. The molecule has 62 valence electrons. The zero-order chi connectivity index (χ0) is 8.72. The van der Waals surface area contributed by atoms with Gasteiger partial charge < -0.3 is 5.32 Å². The minimum atomic E-state index is -0.00343. The molecule has 0 atom stereocenters. The molecular weight excluding hydrogens is 288 g/mol. The van der Waals surface area contributed by atoms with Gasteiger partial charge in [-0.25, -0.2) is 4.98 Å². The molecule has 5 heteroatoms. The van der Waals surface area contributed by atoms with Crippen LogP contribution in [0.2, 0.25) is 0 Å². The fourth-order valence-corrected chi connectivity index (χ4v) is 1.88. The smallest absolute Gasteiger partial charge is 0.230 e. The summed E-state index contributed by atoms with van der Waals surface area (Å²) >= 11 is 6.70. The number of hydrogen-bond acceptors (Lipinski definition) is 2. The highest BCUT2D eigenvalue weighted by molar-refractivity contribution is 9.13. The summed E-state index contributed by atoms with van der Waals surface area (Å²) in [6.07, 6.45) is 2.07. The average molecular weight is 292 g/mol. The second-order valence-corrected chi connectivity index (χ2v) is 4.12. The zero-order valence-electron chi connectivity index (χ0n) is 5.90. The second kappa shape index (κ2) is 2.81. The number of rotatable bonds is 0.